The molecule has 1 aromatic heterocycles. The summed E-state index contributed by atoms with van der Waals surface area (Å²) < 4.78 is 32.0. The van der Waals surface area contributed by atoms with Gasteiger partial charge in [-0.2, -0.15) is 4.31 Å². The Kier molecular flexibility index (Phi) is 5.38. The fraction of sp³-hybridized carbons (Fsp3) is 0.158. The molecule has 0 bridgehead atoms. The van der Waals surface area contributed by atoms with Crippen LogP contribution in [0.2, 0.25) is 0 Å². The molecule has 0 saturated carbocycles. The van der Waals surface area contributed by atoms with Crippen molar-refractivity contribution < 1.29 is 17.9 Å². The lowest BCUT2D eigenvalue weighted by Gasteiger charge is -2.18. The molecular weight excluding hydrogens is 366 g/mol. The predicted molar refractivity (Wildman–Crippen MR) is 103 cm³/mol. The number of pyridine rings is 1. The number of fused-ring (bicyclic) bond motifs is 1. The van der Waals surface area contributed by atoms with Gasteiger partial charge < -0.3 is 10.1 Å². The predicted octanol–water partition coefficient (Wildman–Crippen LogP) is 2.50. The smallest absolute Gasteiger partial charge is 0.245 e. The highest BCUT2D eigenvalue weighted by Crippen LogP contribution is 2.23. The number of hydrogen-bond donors (Lipinski definition) is 1. The van der Waals surface area contributed by atoms with Gasteiger partial charge in [0, 0.05) is 30.4 Å². The summed E-state index contributed by atoms with van der Waals surface area (Å²) in [5.74, 6) is 0.137. The van der Waals surface area contributed by atoms with E-state index in [-0.39, 0.29) is 11.4 Å². The first-order chi connectivity index (χ1) is 12.9. The van der Waals surface area contributed by atoms with Crippen molar-refractivity contribution in [3.8, 4) is 5.75 Å². The van der Waals surface area contributed by atoms with E-state index < -0.39 is 15.9 Å². The van der Waals surface area contributed by atoms with Crippen LogP contribution in [0.15, 0.2) is 65.7 Å². The monoisotopic (exact) mass is 385 g/mol. The van der Waals surface area contributed by atoms with Crippen LogP contribution in [0.1, 0.15) is 0 Å². The highest BCUT2D eigenvalue weighted by molar-refractivity contribution is 7.89. The van der Waals surface area contributed by atoms with Gasteiger partial charge in [-0.15, -0.1) is 0 Å². The molecule has 1 amide bonds. The largest absolute Gasteiger partial charge is 0.497 e. The van der Waals surface area contributed by atoms with E-state index in [0.29, 0.717) is 22.3 Å². The first-order valence-electron chi connectivity index (χ1n) is 8.16. The van der Waals surface area contributed by atoms with Crippen molar-refractivity contribution in [1.82, 2.24) is 9.29 Å². The molecule has 0 aliphatic heterocycles. The van der Waals surface area contributed by atoms with Crippen molar-refractivity contribution in [2.75, 3.05) is 26.0 Å². The zero-order valence-electron chi connectivity index (χ0n) is 14.9. The number of amides is 1. The molecule has 0 unspecified atom stereocenters. The minimum absolute atomic E-state index is 0.0669. The number of ether oxygens (including phenoxy) is 1. The van der Waals surface area contributed by atoms with E-state index in [4.69, 9.17) is 4.74 Å². The number of rotatable bonds is 6. The van der Waals surface area contributed by atoms with Gasteiger partial charge in [-0.1, -0.05) is 24.3 Å². The van der Waals surface area contributed by atoms with Gasteiger partial charge in [-0.05, 0) is 24.3 Å². The molecule has 0 saturated heterocycles. The zero-order valence-corrected chi connectivity index (χ0v) is 15.7. The molecule has 0 atom stereocenters. The molecule has 0 aliphatic carbocycles. The van der Waals surface area contributed by atoms with Gasteiger partial charge in [0.2, 0.25) is 15.9 Å². The molecule has 2 aromatic carbocycles. The number of carbonyl (C=O) groups excluding carboxylic acids is 1. The maximum Gasteiger partial charge on any atom is 0.245 e. The summed E-state index contributed by atoms with van der Waals surface area (Å²) in [4.78, 5) is 16.5. The average molecular weight is 385 g/mol. The second kappa shape index (κ2) is 7.73. The number of benzene rings is 2. The molecule has 7 nitrogen and oxygen atoms in total. The second-order valence-corrected chi connectivity index (χ2v) is 7.89. The van der Waals surface area contributed by atoms with Gasteiger partial charge in [0.1, 0.15) is 10.6 Å². The maximum absolute atomic E-state index is 12.9. The lowest BCUT2D eigenvalue weighted by molar-refractivity contribution is -0.116. The van der Waals surface area contributed by atoms with Crippen LogP contribution < -0.4 is 10.1 Å². The van der Waals surface area contributed by atoms with Crippen LogP contribution >= 0.6 is 0 Å². The Morgan fingerprint density at radius 3 is 2.67 bits per heavy atom. The van der Waals surface area contributed by atoms with Crippen molar-refractivity contribution >= 4 is 32.5 Å². The first kappa shape index (κ1) is 18.8. The van der Waals surface area contributed by atoms with E-state index in [1.54, 1.807) is 48.5 Å². The van der Waals surface area contributed by atoms with Crippen LogP contribution in [0, 0.1) is 0 Å². The number of para-hydroxylation sites is 1. The molecule has 27 heavy (non-hydrogen) atoms. The van der Waals surface area contributed by atoms with Crippen LogP contribution in [-0.2, 0) is 14.8 Å². The second-order valence-electron chi connectivity index (χ2n) is 5.87. The van der Waals surface area contributed by atoms with Gasteiger partial charge in [0.25, 0.3) is 0 Å². The number of sulfonamides is 1. The third-order valence-electron chi connectivity index (χ3n) is 4.00. The summed E-state index contributed by atoms with van der Waals surface area (Å²) in [5.41, 5.74) is 0.900. The Labute approximate surface area is 157 Å². The lowest BCUT2D eigenvalue weighted by Crippen LogP contribution is -2.35. The summed E-state index contributed by atoms with van der Waals surface area (Å²) in [6.07, 6.45) is 1.54. The Hall–Kier alpha value is -2.97. The minimum Gasteiger partial charge on any atom is -0.497 e. The molecule has 8 heteroatoms. The maximum atomic E-state index is 12.9. The van der Waals surface area contributed by atoms with Crippen LogP contribution in [0.3, 0.4) is 0 Å². The Morgan fingerprint density at radius 2 is 1.89 bits per heavy atom. The highest BCUT2D eigenvalue weighted by atomic mass is 32.2. The van der Waals surface area contributed by atoms with Crippen molar-refractivity contribution in [2.45, 2.75) is 4.90 Å². The number of anilines is 1. The van der Waals surface area contributed by atoms with E-state index in [1.807, 2.05) is 0 Å². The molecule has 0 aliphatic rings. The molecule has 1 N–H and O–H groups in total. The minimum atomic E-state index is -3.88. The van der Waals surface area contributed by atoms with Gasteiger partial charge in [-0.25, -0.2) is 8.42 Å². The molecule has 1 heterocycles. The van der Waals surface area contributed by atoms with Gasteiger partial charge >= 0.3 is 0 Å². The molecule has 0 spiro atoms. The number of nitrogens with zero attached hydrogens (tertiary/aromatic N) is 2. The van der Waals surface area contributed by atoms with Crippen LogP contribution in [0.5, 0.6) is 5.75 Å². The van der Waals surface area contributed by atoms with E-state index in [0.717, 1.165) is 4.31 Å². The lowest BCUT2D eigenvalue weighted by atomic mass is 10.2. The molecular formula is C19H19N3O4S. The van der Waals surface area contributed by atoms with Crippen LogP contribution in [-0.4, -0.2) is 44.3 Å². The number of methoxy groups -OCH3 is 1. The summed E-state index contributed by atoms with van der Waals surface area (Å²) in [6, 6.07) is 15.3. The van der Waals surface area contributed by atoms with Crippen molar-refractivity contribution in [2.24, 2.45) is 0 Å². The summed E-state index contributed by atoms with van der Waals surface area (Å²) in [7, 11) is -0.990. The van der Waals surface area contributed by atoms with E-state index in [2.05, 4.69) is 10.3 Å². The van der Waals surface area contributed by atoms with E-state index in [9.17, 15) is 13.2 Å². The van der Waals surface area contributed by atoms with Crippen molar-refractivity contribution in [3.63, 3.8) is 0 Å². The molecule has 3 rings (SSSR count). The number of hydrogen-bond acceptors (Lipinski definition) is 5. The van der Waals surface area contributed by atoms with Crippen LogP contribution in [0.25, 0.3) is 10.9 Å². The molecule has 0 radical (unpaired) electrons. The number of likely N-dealkylation sites (N-methyl/N-ethyl adjacent to an activating group) is 1. The number of carbonyl (C=O) groups is 1. The van der Waals surface area contributed by atoms with E-state index in [1.165, 1.54) is 26.4 Å². The standard InChI is InChI=1S/C19H19N3O4S/c1-22(13-18(23)21-15-8-4-9-16(12-15)26-2)27(24,25)17-10-3-6-14-7-5-11-20-19(14)17/h3-12H,13H2,1-2H3,(H,21,23). The summed E-state index contributed by atoms with van der Waals surface area (Å²) in [5, 5.41) is 3.38. The number of aromatic nitrogens is 1. The van der Waals surface area contributed by atoms with Crippen molar-refractivity contribution in [1.29, 1.82) is 0 Å². The highest BCUT2D eigenvalue weighted by Gasteiger charge is 2.25. The van der Waals surface area contributed by atoms with Gasteiger partial charge in [0.15, 0.2) is 0 Å². The normalized spacial score (nSPS) is 11.5. The van der Waals surface area contributed by atoms with Crippen LogP contribution in [0.4, 0.5) is 5.69 Å². The summed E-state index contributed by atoms with van der Waals surface area (Å²) in [6.45, 7) is -0.331. The van der Waals surface area contributed by atoms with Crippen molar-refractivity contribution in [3.05, 3.63) is 60.8 Å². The first-order valence-corrected chi connectivity index (χ1v) is 9.60. The topological polar surface area (TPSA) is 88.6 Å². The summed E-state index contributed by atoms with van der Waals surface area (Å²) >= 11 is 0. The van der Waals surface area contributed by atoms with E-state index >= 15 is 0 Å². The average Bonchev–Trinajstić information content (AvgIpc) is 2.67. The molecule has 3 aromatic rings. The SMILES string of the molecule is COc1cccc(NC(=O)CN(C)S(=O)(=O)c2cccc3cccnc23)c1. The third kappa shape index (κ3) is 4.07. The Bertz CT molecular complexity index is 1080. The quantitative estimate of drug-likeness (QED) is 0.704. The Morgan fingerprint density at radius 1 is 1.15 bits per heavy atom. The number of nitrogens with one attached hydrogen (secondary N) is 1. The van der Waals surface area contributed by atoms with Gasteiger partial charge in [-0.3, -0.25) is 9.78 Å². The zero-order chi connectivity index (χ0) is 19.4. The Balaban J connectivity index is 1.79. The van der Waals surface area contributed by atoms with Gasteiger partial charge in [0.05, 0.1) is 19.2 Å². The molecule has 140 valence electrons. The molecule has 0 fully saturated rings. The fourth-order valence-electron chi connectivity index (χ4n) is 2.64. The third-order valence-corrected chi connectivity index (χ3v) is 5.84. The fourth-order valence-corrected chi connectivity index (χ4v) is 3.93.